The molecular weight excluding hydrogens is 442 g/mol. The molecule has 5 rings (SSSR count). The van der Waals surface area contributed by atoms with Crippen molar-refractivity contribution >= 4 is 5.91 Å². The molecule has 3 heterocycles. The molecule has 3 aromatic rings. The number of methoxy groups -OCH3 is 1. The first-order valence-electron chi connectivity index (χ1n) is 12.4. The maximum atomic E-state index is 13.3. The molecule has 1 atom stereocenters. The van der Waals surface area contributed by atoms with Gasteiger partial charge in [0.05, 0.1) is 13.2 Å². The number of ether oxygens (including phenoxy) is 3. The molecule has 1 aromatic heterocycles. The molecule has 0 saturated carbocycles. The van der Waals surface area contributed by atoms with Gasteiger partial charge in [0, 0.05) is 56.4 Å². The minimum Gasteiger partial charge on any atom is -0.493 e. The number of carbonyl (C=O) groups is 1. The number of aromatic nitrogens is 2. The number of nitrogens with zero attached hydrogens (tertiary/aromatic N) is 3. The number of likely N-dealkylation sites (tertiary alicyclic amines) is 1. The van der Waals surface area contributed by atoms with Crippen molar-refractivity contribution < 1.29 is 19.0 Å². The Morgan fingerprint density at radius 3 is 2.66 bits per heavy atom. The Kier molecular flexibility index (Phi) is 6.41. The predicted molar refractivity (Wildman–Crippen MR) is 133 cm³/mol. The van der Waals surface area contributed by atoms with Crippen LogP contribution in [0.5, 0.6) is 17.2 Å². The maximum absolute atomic E-state index is 13.3. The van der Waals surface area contributed by atoms with Gasteiger partial charge in [-0.05, 0) is 56.2 Å². The van der Waals surface area contributed by atoms with E-state index >= 15 is 0 Å². The van der Waals surface area contributed by atoms with Crippen LogP contribution in [0.4, 0.5) is 0 Å². The van der Waals surface area contributed by atoms with Gasteiger partial charge in [0.25, 0.3) is 5.91 Å². The highest BCUT2D eigenvalue weighted by molar-refractivity contribution is 5.95. The predicted octanol–water partition coefficient (Wildman–Crippen LogP) is 4.92. The fraction of sp³-hybridized carbons (Fsp3) is 0.429. The maximum Gasteiger partial charge on any atom is 0.253 e. The van der Waals surface area contributed by atoms with Gasteiger partial charge >= 0.3 is 0 Å². The van der Waals surface area contributed by atoms with Gasteiger partial charge in [0.1, 0.15) is 11.4 Å². The summed E-state index contributed by atoms with van der Waals surface area (Å²) in [7, 11) is 1.60. The van der Waals surface area contributed by atoms with Crippen LogP contribution in [0.2, 0.25) is 0 Å². The molecule has 2 aliphatic heterocycles. The van der Waals surface area contributed by atoms with Crippen LogP contribution < -0.4 is 14.2 Å². The second-order valence-corrected chi connectivity index (χ2v) is 9.78. The summed E-state index contributed by atoms with van der Waals surface area (Å²) in [5.74, 6) is 2.51. The van der Waals surface area contributed by atoms with Crippen molar-refractivity contribution in [3.8, 4) is 17.2 Å². The Hall–Kier alpha value is -3.48. The van der Waals surface area contributed by atoms with Crippen molar-refractivity contribution in [3.63, 3.8) is 0 Å². The van der Waals surface area contributed by atoms with Crippen LogP contribution in [0.25, 0.3) is 0 Å². The molecule has 1 amide bonds. The lowest BCUT2D eigenvalue weighted by molar-refractivity contribution is -0.0196. The summed E-state index contributed by atoms with van der Waals surface area (Å²) in [5, 5.41) is 4.43. The minimum absolute atomic E-state index is 0.0125. The highest BCUT2D eigenvalue weighted by Crippen LogP contribution is 2.46. The molecule has 184 valence electrons. The molecule has 7 nitrogen and oxygen atoms in total. The third-order valence-electron chi connectivity index (χ3n) is 7.01. The van der Waals surface area contributed by atoms with E-state index in [1.165, 1.54) is 5.56 Å². The van der Waals surface area contributed by atoms with Crippen LogP contribution >= 0.6 is 0 Å². The summed E-state index contributed by atoms with van der Waals surface area (Å²) >= 11 is 0. The van der Waals surface area contributed by atoms with Crippen molar-refractivity contribution in [3.05, 3.63) is 72.1 Å². The van der Waals surface area contributed by atoms with E-state index in [1.807, 2.05) is 60.1 Å². The van der Waals surface area contributed by atoms with Gasteiger partial charge in [-0.3, -0.25) is 9.48 Å². The molecular formula is C28H33N3O4. The van der Waals surface area contributed by atoms with Gasteiger partial charge in [-0.15, -0.1) is 0 Å². The topological polar surface area (TPSA) is 65.8 Å². The highest BCUT2D eigenvalue weighted by Gasteiger charge is 2.44. The molecule has 1 fully saturated rings. The summed E-state index contributed by atoms with van der Waals surface area (Å²) in [6.07, 6.45) is 6.38. The van der Waals surface area contributed by atoms with Crippen molar-refractivity contribution in [1.29, 1.82) is 0 Å². The van der Waals surface area contributed by atoms with Crippen molar-refractivity contribution in [2.45, 2.75) is 57.3 Å². The summed E-state index contributed by atoms with van der Waals surface area (Å²) in [5.41, 5.74) is 1.58. The van der Waals surface area contributed by atoms with Gasteiger partial charge in [0.15, 0.2) is 11.5 Å². The average molecular weight is 476 g/mol. The van der Waals surface area contributed by atoms with E-state index in [2.05, 4.69) is 23.3 Å². The Morgan fingerprint density at radius 1 is 1.14 bits per heavy atom. The number of fused-ring (bicyclic) bond motifs is 1. The van der Waals surface area contributed by atoms with E-state index in [4.69, 9.17) is 14.2 Å². The van der Waals surface area contributed by atoms with Gasteiger partial charge in [0.2, 0.25) is 0 Å². The van der Waals surface area contributed by atoms with E-state index in [0.717, 1.165) is 31.6 Å². The van der Waals surface area contributed by atoms with Crippen LogP contribution in [0.1, 0.15) is 54.9 Å². The second-order valence-electron chi connectivity index (χ2n) is 9.78. The third-order valence-corrected chi connectivity index (χ3v) is 7.01. The highest BCUT2D eigenvalue weighted by atomic mass is 16.5. The van der Waals surface area contributed by atoms with Crippen molar-refractivity contribution in [2.24, 2.45) is 0 Å². The molecule has 1 unspecified atom stereocenters. The number of hydrogen-bond donors (Lipinski definition) is 0. The summed E-state index contributed by atoms with van der Waals surface area (Å²) in [6.45, 7) is 6.06. The van der Waals surface area contributed by atoms with Crippen LogP contribution in [0.3, 0.4) is 0 Å². The number of benzene rings is 2. The summed E-state index contributed by atoms with van der Waals surface area (Å²) in [6, 6.07) is 15.7. The van der Waals surface area contributed by atoms with E-state index < -0.39 is 0 Å². The van der Waals surface area contributed by atoms with Crippen LogP contribution in [0.15, 0.2) is 60.9 Å². The molecule has 7 heteroatoms. The number of piperidine rings is 1. The quantitative estimate of drug-likeness (QED) is 0.506. The van der Waals surface area contributed by atoms with E-state index in [1.54, 1.807) is 13.2 Å². The zero-order valence-electron chi connectivity index (χ0n) is 20.6. The molecule has 35 heavy (non-hydrogen) atoms. The largest absolute Gasteiger partial charge is 0.493 e. The zero-order chi connectivity index (χ0) is 24.4. The fourth-order valence-electron chi connectivity index (χ4n) is 5.30. The summed E-state index contributed by atoms with van der Waals surface area (Å²) in [4.78, 5) is 15.3. The van der Waals surface area contributed by atoms with Crippen LogP contribution in [0, 0.1) is 0 Å². The van der Waals surface area contributed by atoms with Gasteiger partial charge in [-0.25, -0.2) is 0 Å². The molecule has 2 aliphatic rings. The van der Waals surface area contributed by atoms with Gasteiger partial charge in [-0.2, -0.15) is 5.10 Å². The second kappa shape index (κ2) is 9.64. The van der Waals surface area contributed by atoms with E-state index in [9.17, 15) is 4.79 Å². The van der Waals surface area contributed by atoms with Crippen LogP contribution in [-0.4, -0.2) is 52.5 Å². The first-order chi connectivity index (χ1) is 17.0. The number of hydrogen-bond acceptors (Lipinski definition) is 5. The Morgan fingerprint density at radius 2 is 1.94 bits per heavy atom. The lowest BCUT2D eigenvalue weighted by Gasteiger charge is -2.47. The van der Waals surface area contributed by atoms with Crippen molar-refractivity contribution in [1.82, 2.24) is 14.7 Å². The standard InChI is InChI=1S/C28H33N3O4/c1-20(2)34-25-10-9-21(17-26(25)33-3)27(32)30-15-11-28(12-16-30)18-22(19-31-14-6-13-29-31)23-7-4-5-8-24(23)35-28/h4-10,13-14,17,20,22H,11-12,15-16,18-19H2,1-3H3. The average Bonchev–Trinajstić information content (AvgIpc) is 3.37. The minimum atomic E-state index is -0.268. The molecule has 2 aromatic carbocycles. The first kappa shape index (κ1) is 23.3. The molecule has 1 spiro atoms. The monoisotopic (exact) mass is 475 g/mol. The Balaban J connectivity index is 1.30. The van der Waals surface area contributed by atoms with E-state index in [-0.39, 0.29) is 17.6 Å². The van der Waals surface area contributed by atoms with Gasteiger partial charge < -0.3 is 19.1 Å². The normalized spacial score (nSPS) is 18.7. The molecule has 0 N–H and O–H groups in total. The molecule has 0 radical (unpaired) electrons. The lowest BCUT2D eigenvalue weighted by atomic mass is 9.77. The number of carbonyl (C=O) groups excluding carboxylic acids is 1. The first-order valence-corrected chi connectivity index (χ1v) is 12.4. The molecule has 0 aliphatic carbocycles. The van der Waals surface area contributed by atoms with E-state index in [0.29, 0.717) is 36.1 Å². The molecule has 1 saturated heterocycles. The Bertz CT molecular complexity index is 1170. The number of amides is 1. The third kappa shape index (κ3) is 4.85. The Labute approximate surface area is 206 Å². The summed E-state index contributed by atoms with van der Waals surface area (Å²) < 4.78 is 19.9. The number of rotatable bonds is 6. The lowest BCUT2D eigenvalue weighted by Crippen LogP contribution is -2.52. The zero-order valence-corrected chi connectivity index (χ0v) is 20.6. The SMILES string of the molecule is COc1cc(C(=O)N2CCC3(CC2)CC(Cn2cccn2)c2ccccc2O3)ccc1OC(C)C. The fourth-order valence-corrected chi connectivity index (χ4v) is 5.30. The van der Waals surface area contributed by atoms with Crippen LogP contribution in [-0.2, 0) is 6.54 Å². The van der Waals surface area contributed by atoms with Gasteiger partial charge in [-0.1, -0.05) is 18.2 Å². The number of para-hydroxylation sites is 1. The van der Waals surface area contributed by atoms with Crippen molar-refractivity contribution in [2.75, 3.05) is 20.2 Å². The smallest absolute Gasteiger partial charge is 0.253 e. The molecule has 0 bridgehead atoms.